The molecule has 2 aromatic carbocycles. The quantitative estimate of drug-likeness (QED) is 0.897. The van der Waals surface area contributed by atoms with Gasteiger partial charge in [0, 0.05) is 5.56 Å². The van der Waals surface area contributed by atoms with Gasteiger partial charge in [-0.05, 0) is 37.3 Å². The van der Waals surface area contributed by atoms with E-state index in [9.17, 15) is 13.9 Å². The van der Waals surface area contributed by atoms with Crippen LogP contribution in [0.25, 0.3) is 0 Å². The Morgan fingerprint density at radius 3 is 2.44 bits per heavy atom. The molecule has 0 unspecified atom stereocenters. The summed E-state index contributed by atoms with van der Waals surface area (Å²) < 4.78 is 31.9. The number of aliphatic hydroxyl groups excluding tert-OH is 1. The highest BCUT2D eigenvalue weighted by atomic mass is 19.1. The Balaban J connectivity index is 2.37. The monoisotopic (exact) mass is 250 g/mol. The highest BCUT2D eigenvalue weighted by Gasteiger charge is 2.12. The summed E-state index contributed by atoms with van der Waals surface area (Å²) >= 11 is 0. The van der Waals surface area contributed by atoms with Gasteiger partial charge in [-0.2, -0.15) is 0 Å². The summed E-state index contributed by atoms with van der Waals surface area (Å²) in [5, 5.41) is 9.54. The van der Waals surface area contributed by atoms with Gasteiger partial charge in [-0.25, -0.2) is 8.78 Å². The Hall–Kier alpha value is -1.94. The lowest BCUT2D eigenvalue weighted by atomic mass is 10.1. The van der Waals surface area contributed by atoms with Crippen LogP contribution in [0.4, 0.5) is 8.78 Å². The number of rotatable bonds is 3. The van der Waals surface area contributed by atoms with Crippen molar-refractivity contribution in [3.05, 3.63) is 59.7 Å². The Bertz CT molecular complexity index is 553. The summed E-state index contributed by atoms with van der Waals surface area (Å²) in [5.74, 6) is -0.729. The Morgan fingerprint density at radius 2 is 1.78 bits per heavy atom. The number of benzene rings is 2. The van der Waals surface area contributed by atoms with Crippen LogP contribution in [0, 0.1) is 11.6 Å². The molecule has 0 spiro atoms. The van der Waals surface area contributed by atoms with Crippen LogP contribution in [0.5, 0.6) is 11.5 Å². The van der Waals surface area contributed by atoms with Gasteiger partial charge in [0.1, 0.15) is 11.6 Å². The number of para-hydroxylation sites is 1. The fourth-order valence-corrected chi connectivity index (χ4v) is 1.58. The molecule has 0 amide bonds. The summed E-state index contributed by atoms with van der Waals surface area (Å²) in [6.07, 6.45) is -0.900. The van der Waals surface area contributed by atoms with Crippen molar-refractivity contribution >= 4 is 0 Å². The van der Waals surface area contributed by atoms with E-state index in [1.54, 1.807) is 12.1 Å². The van der Waals surface area contributed by atoms with Crippen molar-refractivity contribution in [2.45, 2.75) is 13.0 Å². The number of hydrogen-bond donors (Lipinski definition) is 1. The Morgan fingerprint density at radius 1 is 1.06 bits per heavy atom. The molecule has 0 radical (unpaired) electrons. The average molecular weight is 250 g/mol. The zero-order valence-corrected chi connectivity index (χ0v) is 9.73. The van der Waals surface area contributed by atoms with Gasteiger partial charge in [-0.15, -0.1) is 0 Å². The standard InChI is InChI=1S/C14H12F2O2/c1-9(17)11-8-10(15)6-7-13(11)18-14-5-3-2-4-12(14)16/h2-9,17H,1H3/t9-/m0/s1. The molecule has 18 heavy (non-hydrogen) atoms. The smallest absolute Gasteiger partial charge is 0.165 e. The van der Waals surface area contributed by atoms with Crippen molar-refractivity contribution < 1.29 is 18.6 Å². The van der Waals surface area contributed by atoms with E-state index < -0.39 is 17.7 Å². The highest BCUT2D eigenvalue weighted by Crippen LogP contribution is 2.31. The predicted octanol–water partition coefficient (Wildman–Crippen LogP) is 3.81. The van der Waals surface area contributed by atoms with E-state index in [4.69, 9.17) is 4.74 Å². The highest BCUT2D eigenvalue weighted by molar-refractivity contribution is 5.39. The van der Waals surface area contributed by atoms with Gasteiger partial charge in [0.15, 0.2) is 11.6 Å². The number of aliphatic hydroxyl groups is 1. The first-order valence-corrected chi connectivity index (χ1v) is 5.48. The van der Waals surface area contributed by atoms with Gasteiger partial charge < -0.3 is 9.84 Å². The molecule has 1 atom stereocenters. The molecule has 1 N–H and O–H groups in total. The predicted molar refractivity (Wildman–Crippen MR) is 63.5 cm³/mol. The molecular formula is C14H12F2O2. The second-order valence-corrected chi connectivity index (χ2v) is 3.89. The minimum atomic E-state index is -0.900. The maximum atomic E-state index is 13.4. The third kappa shape index (κ3) is 2.65. The SMILES string of the molecule is C[C@H](O)c1cc(F)ccc1Oc1ccccc1F. The second kappa shape index (κ2) is 5.14. The normalized spacial score (nSPS) is 12.2. The molecular weight excluding hydrogens is 238 g/mol. The molecule has 2 rings (SSSR count). The topological polar surface area (TPSA) is 29.5 Å². The first-order chi connectivity index (χ1) is 8.58. The maximum absolute atomic E-state index is 13.4. The molecule has 0 aromatic heterocycles. The van der Waals surface area contributed by atoms with Crippen molar-refractivity contribution in [1.82, 2.24) is 0 Å². The van der Waals surface area contributed by atoms with E-state index in [2.05, 4.69) is 0 Å². The van der Waals surface area contributed by atoms with Crippen LogP contribution in [0.15, 0.2) is 42.5 Å². The number of halogens is 2. The van der Waals surface area contributed by atoms with Crippen molar-refractivity contribution in [1.29, 1.82) is 0 Å². The van der Waals surface area contributed by atoms with Crippen molar-refractivity contribution in [3.63, 3.8) is 0 Å². The molecule has 0 aliphatic rings. The number of hydrogen-bond acceptors (Lipinski definition) is 2. The maximum Gasteiger partial charge on any atom is 0.165 e. The van der Waals surface area contributed by atoms with Gasteiger partial charge in [0.05, 0.1) is 6.10 Å². The lowest BCUT2D eigenvalue weighted by molar-refractivity contribution is 0.195. The first kappa shape index (κ1) is 12.5. The minimum absolute atomic E-state index is 0.0333. The molecule has 0 saturated carbocycles. The van der Waals surface area contributed by atoms with Crippen LogP contribution in [0.1, 0.15) is 18.6 Å². The van der Waals surface area contributed by atoms with Crippen molar-refractivity contribution in [3.8, 4) is 11.5 Å². The lowest BCUT2D eigenvalue weighted by Crippen LogP contribution is -1.98. The zero-order valence-electron chi connectivity index (χ0n) is 9.73. The van der Waals surface area contributed by atoms with Gasteiger partial charge in [-0.1, -0.05) is 12.1 Å². The van der Waals surface area contributed by atoms with E-state index in [1.807, 2.05) is 0 Å². The summed E-state index contributed by atoms with van der Waals surface area (Å²) in [6, 6.07) is 9.63. The lowest BCUT2D eigenvalue weighted by Gasteiger charge is -2.13. The van der Waals surface area contributed by atoms with Crippen LogP contribution < -0.4 is 4.74 Å². The Labute approximate surface area is 103 Å². The van der Waals surface area contributed by atoms with Crippen LogP contribution >= 0.6 is 0 Å². The van der Waals surface area contributed by atoms with Gasteiger partial charge in [0.25, 0.3) is 0 Å². The van der Waals surface area contributed by atoms with Gasteiger partial charge in [-0.3, -0.25) is 0 Å². The van der Waals surface area contributed by atoms with Crippen LogP contribution in [0.3, 0.4) is 0 Å². The molecule has 0 aliphatic heterocycles. The van der Waals surface area contributed by atoms with Crippen molar-refractivity contribution in [2.75, 3.05) is 0 Å². The van der Waals surface area contributed by atoms with Crippen LogP contribution in [-0.2, 0) is 0 Å². The molecule has 0 saturated heterocycles. The fourth-order valence-electron chi connectivity index (χ4n) is 1.58. The van der Waals surface area contributed by atoms with Crippen LogP contribution in [-0.4, -0.2) is 5.11 Å². The fraction of sp³-hybridized carbons (Fsp3) is 0.143. The largest absolute Gasteiger partial charge is 0.454 e. The number of ether oxygens (including phenoxy) is 1. The van der Waals surface area contributed by atoms with Crippen LogP contribution in [0.2, 0.25) is 0 Å². The van der Waals surface area contributed by atoms with E-state index >= 15 is 0 Å². The minimum Gasteiger partial charge on any atom is -0.454 e. The first-order valence-electron chi connectivity index (χ1n) is 5.48. The summed E-state index contributed by atoms with van der Waals surface area (Å²) in [6.45, 7) is 1.49. The molecule has 4 heteroatoms. The summed E-state index contributed by atoms with van der Waals surface area (Å²) in [7, 11) is 0. The van der Waals surface area contributed by atoms with Gasteiger partial charge >= 0.3 is 0 Å². The molecule has 94 valence electrons. The third-order valence-electron chi connectivity index (χ3n) is 2.48. The molecule has 0 bridgehead atoms. The average Bonchev–Trinajstić information content (AvgIpc) is 2.34. The zero-order chi connectivity index (χ0) is 13.1. The molecule has 0 heterocycles. The van der Waals surface area contributed by atoms with E-state index in [0.29, 0.717) is 0 Å². The second-order valence-electron chi connectivity index (χ2n) is 3.89. The summed E-state index contributed by atoms with van der Waals surface area (Å²) in [4.78, 5) is 0. The molecule has 2 nitrogen and oxygen atoms in total. The van der Waals surface area contributed by atoms with E-state index in [0.717, 1.165) is 0 Å². The van der Waals surface area contributed by atoms with E-state index in [-0.39, 0.29) is 17.1 Å². The van der Waals surface area contributed by atoms with E-state index in [1.165, 1.54) is 37.3 Å². The molecule has 0 fully saturated rings. The van der Waals surface area contributed by atoms with Crippen molar-refractivity contribution in [2.24, 2.45) is 0 Å². The molecule has 0 aliphatic carbocycles. The Kier molecular flexibility index (Phi) is 3.58. The molecule has 2 aromatic rings. The third-order valence-corrected chi connectivity index (χ3v) is 2.48. The van der Waals surface area contributed by atoms with Gasteiger partial charge in [0.2, 0.25) is 0 Å². The summed E-state index contributed by atoms with van der Waals surface area (Å²) in [5.41, 5.74) is 0.276.